The van der Waals surface area contributed by atoms with Gasteiger partial charge in [-0.05, 0) is 69.8 Å². The van der Waals surface area contributed by atoms with Crippen molar-refractivity contribution in [2.45, 2.75) is 5.41 Å². The van der Waals surface area contributed by atoms with Crippen molar-refractivity contribution < 1.29 is 15.3 Å². The molecule has 5 aromatic rings. The summed E-state index contributed by atoms with van der Waals surface area (Å²) in [4.78, 5) is 0. The first-order valence-electron chi connectivity index (χ1n) is 11.1. The Kier molecular flexibility index (Phi) is 5.52. The van der Waals surface area contributed by atoms with Crippen LogP contribution in [0.4, 0.5) is 0 Å². The Balaban J connectivity index is 0.000000297. The quantitative estimate of drug-likeness (QED) is 0.274. The molecule has 0 spiro atoms. The van der Waals surface area contributed by atoms with Crippen molar-refractivity contribution in [1.29, 1.82) is 0 Å². The van der Waals surface area contributed by atoms with E-state index in [9.17, 15) is 10.2 Å². The summed E-state index contributed by atoms with van der Waals surface area (Å²) in [5.74, 6) is 0.820. The van der Waals surface area contributed by atoms with Crippen LogP contribution in [0.25, 0.3) is 11.1 Å². The third kappa shape index (κ3) is 3.57. The maximum absolute atomic E-state index is 9.85. The molecule has 0 aromatic heterocycles. The highest BCUT2D eigenvalue weighted by Gasteiger charge is 2.45. The second-order valence-electron chi connectivity index (χ2n) is 8.27. The van der Waals surface area contributed by atoms with Gasteiger partial charge in [0.2, 0.25) is 0 Å². The standard InChI is InChI=1S/C25H18O2.C6H6O/c26-19-13-9-17(10-14-19)25(18-11-15-20(27)16-12-18)23-7-3-1-5-21(23)22-6-2-4-8-24(22)25;7-6-4-2-1-3-5-6/h1-16,26-27H;1-5,7H. The minimum Gasteiger partial charge on any atom is -0.508 e. The Hall–Kier alpha value is -4.50. The zero-order chi connectivity index (χ0) is 23.5. The fraction of sp³-hybridized carbons (Fsp3) is 0.0323. The summed E-state index contributed by atoms with van der Waals surface area (Å²) in [5, 5.41) is 28.3. The van der Waals surface area contributed by atoms with Gasteiger partial charge in [0.05, 0.1) is 5.41 Å². The zero-order valence-electron chi connectivity index (χ0n) is 18.5. The monoisotopic (exact) mass is 444 g/mol. The van der Waals surface area contributed by atoms with Gasteiger partial charge < -0.3 is 15.3 Å². The number of phenolic OH excluding ortho intramolecular Hbond substituents is 3. The molecule has 0 amide bonds. The Morgan fingerprint density at radius 3 is 1.09 bits per heavy atom. The van der Waals surface area contributed by atoms with Gasteiger partial charge in [-0.25, -0.2) is 0 Å². The minimum atomic E-state index is -0.491. The number of hydrogen-bond donors (Lipinski definition) is 3. The number of rotatable bonds is 2. The molecule has 0 saturated heterocycles. The molecule has 0 unspecified atom stereocenters. The highest BCUT2D eigenvalue weighted by molar-refractivity contribution is 5.86. The molecule has 3 nitrogen and oxygen atoms in total. The van der Waals surface area contributed by atoms with Gasteiger partial charge in [0.1, 0.15) is 17.2 Å². The van der Waals surface area contributed by atoms with Gasteiger partial charge in [0.15, 0.2) is 0 Å². The normalized spacial score (nSPS) is 12.7. The molecule has 3 heteroatoms. The second-order valence-corrected chi connectivity index (χ2v) is 8.27. The predicted molar refractivity (Wildman–Crippen MR) is 135 cm³/mol. The smallest absolute Gasteiger partial charge is 0.115 e. The van der Waals surface area contributed by atoms with E-state index in [1.54, 1.807) is 48.5 Å². The second kappa shape index (κ2) is 8.80. The lowest BCUT2D eigenvalue weighted by molar-refractivity contribution is 0.474. The first kappa shape index (κ1) is 21.4. The summed E-state index contributed by atoms with van der Waals surface area (Å²) in [6.45, 7) is 0. The molecule has 1 aliphatic rings. The molecule has 6 rings (SSSR count). The van der Waals surface area contributed by atoms with Crippen LogP contribution in [0.3, 0.4) is 0 Å². The molecule has 0 heterocycles. The van der Waals surface area contributed by atoms with Crippen LogP contribution >= 0.6 is 0 Å². The molecule has 0 atom stereocenters. The van der Waals surface area contributed by atoms with Gasteiger partial charge in [-0.2, -0.15) is 0 Å². The summed E-state index contributed by atoms with van der Waals surface area (Å²) in [6.07, 6.45) is 0. The highest BCUT2D eigenvalue weighted by Crippen LogP contribution is 2.56. The number of phenols is 3. The number of benzene rings is 5. The maximum atomic E-state index is 9.85. The number of hydrogen-bond acceptors (Lipinski definition) is 3. The summed E-state index contributed by atoms with van der Waals surface area (Å²) in [6, 6.07) is 40.6. The lowest BCUT2D eigenvalue weighted by Gasteiger charge is -2.33. The Morgan fingerprint density at radius 2 is 0.706 bits per heavy atom. The van der Waals surface area contributed by atoms with Crippen LogP contribution in [0.15, 0.2) is 127 Å². The molecule has 1 aliphatic carbocycles. The summed E-state index contributed by atoms with van der Waals surface area (Å²) in [7, 11) is 0. The van der Waals surface area contributed by atoms with Gasteiger partial charge in [-0.3, -0.25) is 0 Å². The zero-order valence-corrected chi connectivity index (χ0v) is 18.5. The molecule has 34 heavy (non-hydrogen) atoms. The molecular formula is C31H24O3. The van der Waals surface area contributed by atoms with Gasteiger partial charge in [-0.15, -0.1) is 0 Å². The van der Waals surface area contributed by atoms with Crippen molar-refractivity contribution >= 4 is 0 Å². The molecule has 5 aromatic carbocycles. The number of aromatic hydroxyl groups is 3. The first-order valence-corrected chi connectivity index (χ1v) is 11.1. The maximum Gasteiger partial charge on any atom is 0.115 e. The van der Waals surface area contributed by atoms with Crippen LogP contribution in [0.2, 0.25) is 0 Å². The Labute approximate surface area is 198 Å². The van der Waals surface area contributed by atoms with Crippen LogP contribution < -0.4 is 0 Å². The van der Waals surface area contributed by atoms with Crippen LogP contribution in [0, 0.1) is 0 Å². The predicted octanol–water partition coefficient (Wildman–Crippen LogP) is 6.85. The molecule has 166 valence electrons. The van der Waals surface area contributed by atoms with E-state index in [4.69, 9.17) is 5.11 Å². The van der Waals surface area contributed by atoms with Gasteiger partial charge in [0, 0.05) is 0 Å². The SMILES string of the molecule is Oc1ccc(C2(c3ccc(O)cc3)c3ccccc3-c3ccccc32)cc1.Oc1ccccc1. The van der Waals surface area contributed by atoms with E-state index < -0.39 is 5.41 Å². The third-order valence-electron chi connectivity index (χ3n) is 6.31. The van der Waals surface area contributed by atoms with Crippen molar-refractivity contribution in [3.05, 3.63) is 150 Å². The van der Waals surface area contributed by atoms with Crippen LogP contribution in [0.1, 0.15) is 22.3 Å². The fourth-order valence-electron chi connectivity index (χ4n) is 4.87. The van der Waals surface area contributed by atoms with Crippen molar-refractivity contribution in [3.8, 4) is 28.4 Å². The molecule has 0 saturated carbocycles. The van der Waals surface area contributed by atoms with E-state index in [1.807, 2.05) is 30.3 Å². The highest BCUT2D eigenvalue weighted by atomic mass is 16.3. The van der Waals surface area contributed by atoms with E-state index in [0.717, 1.165) is 11.1 Å². The Morgan fingerprint density at radius 1 is 0.353 bits per heavy atom. The fourth-order valence-corrected chi connectivity index (χ4v) is 4.87. The van der Waals surface area contributed by atoms with Gasteiger partial charge in [-0.1, -0.05) is 91.0 Å². The average Bonchev–Trinajstić information content (AvgIpc) is 3.17. The topological polar surface area (TPSA) is 60.7 Å². The molecule has 0 aliphatic heterocycles. The lowest BCUT2D eigenvalue weighted by Crippen LogP contribution is -2.28. The van der Waals surface area contributed by atoms with E-state index in [0.29, 0.717) is 5.75 Å². The largest absolute Gasteiger partial charge is 0.508 e. The molecule has 0 fully saturated rings. The molecule has 3 N–H and O–H groups in total. The van der Waals surface area contributed by atoms with Crippen molar-refractivity contribution in [2.75, 3.05) is 0 Å². The third-order valence-corrected chi connectivity index (χ3v) is 6.31. The minimum absolute atomic E-state index is 0.249. The Bertz CT molecular complexity index is 1310. The van der Waals surface area contributed by atoms with Crippen molar-refractivity contribution in [3.63, 3.8) is 0 Å². The average molecular weight is 445 g/mol. The van der Waals surface area contributed by atoms with Crippen LogP contribution in [0.5, 0.6) is 17.2 Å². The number of fused-ring (bicyclic) bond motifs is 3. The lowest BCUT2D eigenvalue weighted by atomic mass is 9.68. The van der Waals surface area contributed by atoms with Gasteiger partial charge >= 0.3 is 0 Å². The van der Waals surface area contributed by atoms with Gasteiger partial charge in [0.25, 0.3) is 0 Å². The van der Waals surface area contributed by atoms with Crippen LogP contribution in [-0.2, 0) is 5.41 Å². The summed E-state index contributed by atoms with van der Waals surface area (Å²) >= 11 is 0. The van der Waals surface area contributed by atoms with E-state index in [-0.39, 0.29) is 11.5 Å². The van der Waals surface area contributed by atoms with E-state index in [2.05, 4.69) is 48.5 Å². The van der Waals surface area contributed by atoms with E-state index >= 15 is 0 Å². The summed E-state index contributed by atoms with van der Waals surface area (Å²) < 4.78 is 0. The van der Waals surface area contributed by atoms with E-state index in [1.165, 1.54) is 22.3 Å². The van der Waals surface area contributed by atoms with Crippen molar-refractivity contribution in [1.82, 2.24) is 0 Å². The van der Waals surface area contributed by atoms with Crippen LogP contribution in [-0.4, -0.2) is 15.3 Å². The van der Waals surface area contributed by atoms with Crippen molar-refractivity contribution in [2.24, 2.45) is 0 Å². The molecular weight excluding hydrogens is 420 g/mol. The number of para-hydroxylation sites is 1. The molecule has 0 bridgehead atoms. The summed E-state index contributed by atoms with van der Waals surface area (Å²) in [5.41, 5.74) is 6.54. The first-order chi connectivity index (χ1) is 16.6. The molecule has 0 radical (unpaired) electrons.